The van der Waals surface area contributed by atoms with Gasteiger partial charge in [0.25, 0.3) is 0 Å². The zero-order valence-electron chi connectivity index (χ0n) is 12.8. The van der Waals surface area contributed by atoms with Gasteiger partial charge in [0.1, 0.15) is 0 Å². The highest BCUT2D eigenvalue weighted by atomic mass is 35.5. The molecule has 128 valence electrons. The molecule has 0 bridgehead atoms. The van der Waals surface area contributed by atoms with Crippen LogP contribution in [-0.4, -0.2) is 39.9 Å². The minimum absolute atomic E-state index is 0.00649. The summed E-state index contributed by atoms with van der Waals surface area (Å²) in [4.78, 5) is 23.0. The fourth-order valence-corrected chi connectivity index (χ4v) is 2.67. The number of carbonyl (C=O) groups is 2. The number of hydrogen-bond acceptors (Lipinski definition) is 4. The number of nitrogens with one attached hydrogen (secondary N) is 3. The minimum Gasteiger partial charge on any atom is -0.355 e. The van der Waals surface area contributed by atoms with Gasteiger partial charge >= 0.3 is 0 Å². The highest BCUT2D eigenvalue weighted by Crippen LogP contribution is 2.13. The van der Waals surface area contributed by atoms with Crippen molar-refractivity contribution in [1.29, 1.82) is 0 Å². The van der Waals surface area contributed by atoms with E-state index in [9.17, 15) is 18.0 Å². The van der Waals surface area contributed by atoms with Crippen molar-refractivity contribution in [3.63, 3.8) is 0 Å². The normalized spacial score (nSPS) is 11.0. The van der Waals surface area contributed by atoms with E-state index in [0.29, 0.717) is 11.6 Å². The lowest BCUT2D eigenvalue weighted by atomic mass is 10.3. The quantitative estimate of drug-likeness (QED) is 0.562. The molecule has 3 N–H and O–H groups in total. The van der Waals surface area contributed by atoms with Gasteiger partial charge in [-0.05, 0) is 30.7 Å². The third-order valence-corrected chi connectivity index (χ3v) is 4.51. The van der Waals surface area contributed by atoms with Gasteiger partial charge in [0.2, 0.25) is 21.8 Å². The van der Waals surface area contributed by atoms with Crippen molar-refractivity contribution < 1.29 is 18.0 Å². The van der Waals surface area contributed by atoms with Crippen molar-refractivity contribution in [1.82, 2.24) is 15.4 Å². The number of carbonyl (C=O) groups excluding carboxylic acids is 2. The van der Waals surface area contributed by atoms with Crippen molar-refractivity contribution in [3.05, 3.63) is 29.3 Å². The number of hydrogen-bond donors (Lipinski definition) is 3. The molecule has 7 nitrogen and oxygen atoms in total. The summed E-state index contributed by atoms with van der Waals surface area (Å²) in [6.45, 7) is 1.91. The molecular formula is C14H20ClN3O4S. The van der Waals surface area contributed by atoms with E-state index in [2.05, 4.69) is 15.4 Å². The van der Waals surface area contributed by atoms with Gasteiger partial charge in [-0.25, -0.2) is 13.1 Å². The summed E-state index contributed by atoms with van der Waals surface area (Å²) < 4.78 is 26.0. The molecule has 23 heavy (non-hydrogen) atoms. The van der Waals surface area contributed by atoms with Crippen LogP contribution in [0.2, 0.25) is 5.02 Å². The third kappa shape index (κ3) is 7.45. The molecule has 9 heteroatoms. The van der Waals surface area contributed by atoms with E-state index in [0.717, 1.165) is 12.8 Å². The van der Waals surface area contributed by atoms with E-state index < -0.39 is 22.5 Å². The summed E-state index contributed by atoms with van der Waals surface area (Å²) in [6.07, 6.45) is 1.82. The van der Waals surface area contributed by atoms with E-state index >= 15 is 0 Å². The van der Waals surface area contributed by atoms with Gasteiger partial charge in [-0.1, -0.05) is 24.9 Å². The molecule has 1 aromatic rings. The summed E-state index contributed by atoms with van der Waals surface area (Å²) in [5.74, 6) is -0.902. The van der Waals surface area contributed by atoms with E-state index in [1.807, 2.05) is 6.92 Å². The van der Waals surface area contributed by atoms with Crippen LogP contribution in [0.4, 0.5) is 0 Å². The Morgan fingerprint density at radius 1 is 1.04 bits per heavy atom. The molecule has 0 fully saturated rings. The zero-order valence-corrected chi connectivity index (χ0v) is 14.3. The van der Waals surface area contributed by atoms with Gasteiger partial charge in [-0.2, -0.15) is 0 Å². The van der Waals surface area contributed by atoms with Crippen molar-refractivity contribution in [2.45, 2.75) is 24.7 Å². The number of sulfonamides is 1. The molecule has 0 saturated carbocycles. The fraction of sp³-hybridized carbons (Fsp3) is 0.429. The molecule has 0 atom stereocenters. The molecule has 2 amide bonds. The van der Waals surface area contributed by atoms with Crippen LogP contribution in [0.3, 0.4) is 0 Å². The van der Waals surface area contributed by atoms with Gasteiger partial charge in [-0.15, -0.1) is 0 Å². The first kappa shape index (κ1) is 19.4. The molecule has 1 aromatic carbocycles. The number of unbranched alkanes of at least 4 members (excludes halogenated alkanes) is 1. The second-order valence-electron chi connectivity index (χ2n) is 4.76. The van der Waals surface area contributed by atoms with Gasteiger partial charge < -0.3 is 10.6 Å². The summed E-state index contributed by atoms with van der Waals surface area (Å²) in [5, 5.41) is 5.39. The third-order valence-electron chi connectivity index (χ3n) is 2.85. The summed E-state index contributed by atoms with van der Waals surface area (Å²) in [7, 11) is -3.80. The van der Waals surface area contributed by atoms with Crippen LogP contribution < -0.4 is 15.4 Å². The highest BCUT2D eigenvalue weighted by molar-refractivity contribution is 7.89. The van der Waals surface area contributed by atoms with Gasteiger partial charge in [-0.3, -0.25) is 9.59 Å². The SMILES string of the molecule is CCCCNC(=O)CNC(=O)CNS(=O)(=O)c1ccc(Cl)cc1. The lowest BCUT2D eigenvalue weighted by Gasteiger charge is -2.08. The Bertz CT molecular complexity index is 632. The van der Waals surface area contributed by atoms with Gasteiger partial charge in [0.05, 0.1) is 18.0 Å². The van der Waals surface area contributed by atoms with Crippen molar-refractivity contribution >= 4 is 33.4 Å². The average molecular weight is 362 g/mol. The summed E-state index contributed by atoms with van der Waals surface area (Å²) >= 11 is 5.69. The Kier molecular flexibility index (Phi) is 8.01. The topological polar surface area (TPSA) is 104 Å². The van der Waals surface area contributed by atoms with Crippen LogP contribution in [0, 0.1) is 0 Å². The second kappa shape index (κ2) is 9.49. The second-order valence-corrected chi connectivity index (χ2v) is 6.96. The maximum absolute atomic E-state index is 11.9. The zero-order chi connectivity index (χ0) is 17.3. The van der Waals surface area contributed by atoms with Crippen molar-refractivity contribution in [2.75, 3.05) is 19.6 Å². The van der Waals surface area contributed by atoms with Crippen molar-refractivity contribution in [3.8, 4) is 0 Å². The van der Waals surface area contributed by atoms with Crippen LogP contribution in [-0.2, 0) is 19.6 Å². The molecule has 0 saturated heterocycles. The summed E-state index contributed by atoms with van der Waals surface area (Å²) in [6, 6.07) is 5.56. The predicted molar refractivity (Wildman–Crippen MR) is 87.6 cm³/mol. The monoisotopic (exact) mass is 361 g/mol. The standard InChI is InChI=1S/C14H20ClN3O4S/c1-2-3-8-16-13(19)9-17-14(20)10-18-23(21,22)12-6-4-11(15)5-7-12/h4-7,18H,2-3,8-10H2,1H3,(H,16,19)(H,17,20). The number of amides is 2. The Morgan fingerprint density at radius 3 is 2.26 bits per heavy atom. The first-order chi connectivity index (χ1) is 10.8. The fourth-order valence-electron chi connectivity index (χ4n) is 1.57. The number of benzene rings is 1. The Hall–Kier alpha value is -1.64. The Labute approximate surface area is 140 Å². The molecule has 0 aliphatic heterocycles. The smallest absolute Gasteiger partial charge is 0.241 e. The van der Waals surface area contributed by atoms with E-state index in [1.165, 1.54) is 24.3 Å². The Balaban J connectivity index is 2.37. The summed E-state index contributed by atoms with van der Waals surface area (Å²) in [5.41, 5.74) is 0. The van der Waals surface area contributed by atoms with E-state index in [4.69, 9.17) is 11.6 Å². The molecule has 0 unspecified atom stereocenters. The first-order valence-electron chi connectivity index (χ1n) is 7.14. The largest absolute Gasteiger partial charge is 0.355 e. The van der Waals surface area contributed by atoms with Crippen LogP contribution in [0.1, 0.15) is 19.8 Å². The molecule has 0 aliphatic carbocycles. The molecule has 0 aliphatic rings. The maximum atomic E-state index is 11.9. The average Bonchev–Trinajstić information content (AvgIpc) is 2.52. The van der Waals surface area contributed by atoms with E-state index in [1.54, 1.807) is 0 Å². The molecular weight excluding hydrogens is 342 g/mol. The number of rotatable bonds is 9. The van der Waals surface area contributed by atoms with Crippen molar-refractivity contribution in [2.24, 2.45) is 0 Å². The highest BCUT2D eigenvalue weighted by Gasteiger charge is 2.15. The van der Waals surface area contributed by atoms with Crippen LogP contribution in [0.15, 0.2) is 29.2 Å². The lowest BCUT2D eigenvalue weighted by molar-refractivity contribution is -0.125. The first-order valence-corrected chi connectivity index (χ1v) is 9.00. The molecule has 0 spiro atoms. The van der Waals surface area contributed by atoms with Crippen LogP contribution in [0.5, 0.6) is 0 Å². The predicted octanol–water partition coefficient (Wildman–Crippen LogP) is 0.651. The van der Waals surface area contributed by atoms with Gasteiger partial charge in [0.15, 0.2) is 0 Å². The molecule has 0 radical (unpaired) electrons. The maximum Gasteiger partial charge on any atom is 0.241 e. The molecule has 0 heterocycles. The van der Waals surface area contributed by atoms with Crippen LogP contribution >= 0.6 is 11.6 Å². The molecule has 0 aromatic heterocycles. The van der Waals surface area contributed by atoms with Crippen LogP contribution in [0.25, 0.3) is 0 Å². The molecule has 1 rings (SSSR count). The van der Waals surface area contributed by atoms with E-state index in [-0.39, 0.29) is 17.3 Å². The van der Waals surface area contributed by atoms with Gasteiger partial charge in [0, 0.05) is 11.6 Å². The Morgan fingerprint density at radius 2 is 1.65 bits per heavy atom. The number of halogens is 1. The minimum atomic E-state index is -3.80. The lowest BCUT2D eigenvalue weighted by Crippen LogP contribution is -2.42.